The second-order valence-corrected chi connectivity index (χ2v) is 7.37. The number of hydrogen-bond donors (Lipinski definition) is 2. The third-order valence-electron chi connectivity index (χ3n) is 5.52. The first-order chi connectivity index (χ1) is 12.3. The van der Waals surface area contributed by atoms with Gasteiger partial charge >= 0.3 is 6.03 Å². The summed E-state index contributed by atoms with van der Waals surface area (Å²) in [5.74, 6) is 2.36. The highest BCUT2D eigenvalue weighted by Gasteiger charge is 2.27. The van der Waals surface area contributed by atoms with Crippen molar-refractivity contribution in [3.8, 4) is 11.5 Å². The lowest BCUT2D eigenvalue weighted by Crippen LogP contribution is -2.43. The summed E-state index contributed by atoms with van der Waals surface area (Å²) in [7, 11) is 0. The van der Waals surface area contributed by atoms with Crippen molar-refractivity contribution in [3.63, 3.8) is 0 Å². The number of urea groups is 1. The smallest absolute Gasteiger partial charge is 0.315 e. The Hall–Kier alpha value is -1.95. The monoisotopic (exact) mass is 345 g/mol. The Morgan fingerprint density at radius 3 is 2.96 bits per heavy atom. The van der Waals surface area contributed by atoms with Crippen molar-refractivity contribution < 1.29 is 14.3 Å². The molecule has 6 nitrogen and oxygen atoms in total. The average Bonchev–Trinajstić information content (AvgIpc) is 3.35. The number of carbonyl (C=O) groups is 1. The quantitative estimate of drug-likeness (QED) is 0.861. The van der Waals surface area contributed by atoms with Crippen LogP contribution < -0.4 is 20.1 Å². The standard InChI is InChI=1S/C19H27N3O3/c23-19(20-10-15-6-3-7-17-18(15)25-13-24-17)21-16-8-9-22(12-16)11-14-4-1-2-5-14/h3,6-7,14,16H,1-2,4-5,8-13H2,(H2,20,21,23). The number of likely N-dealkylation sites (tertiary alicyclic amines) is 1. The maximum Gasteiger partial charge on any atom is 0.315 e. The van der Waals surface area contributed by atoms with E-state index in [1.54, 1.807) is 0 Å². The molecule has 136 valence electrons. The number of fused-ring (bicyclic) bond motifs is 1. The van der Waals surface area contributed by atoms with E-state index < -0.39 is 0 Å². The van der Waals surface area contributed by atoms with E-state index in [0.29, 0.717) is 6.54 Å². The number of nitrogens with zero attached hydrogens (tertiary/aromatic N) is 1. The molecule has 1 aliphatic carbocycles. The van der Waals surface area contributed by atoms with Gasteiger partial charge in [0.15, 0.2) is 11.5 Å². The van der Waals surface area contributed by atoms with Crippen molar-refractivity contribution >= 4 is 6.03 Å². The molecule has 1 aromatic carbocycles. The van der Waals surface area contributed by atoms with E-state index in [2.05, 4.69) is 15.5 Å². The number of nitrogens with one attached hydrogen (secondary N) is 2. The molecular formula is C19H27N3O3. The molecular weight excluding hydrogens is 318 g/mol. The largest absolute Gasteiger partial charge is 0.454 e. The van der Waals surface area contributed by atoms with Crippen molar-refractivity contribution in [1.82, 2.24) is 15.5 Å². The van der Waals surface area contributed by atoms with E-state index in [4.69, 9.17) is 9.47 Å². The van der Waals surface area contributed by atoms with Crippen molar-refractivity contribution in [2.75, 3.05) is 26.4 Å². The molecule has 1 saturated carbocycles. The van der Waals surface area contributed by atoms with Gasteiger partial charge in [0.1, 0.15) is 0 Å². The average molecular weight is 345 g/mol. The van der Waals surface area contributed by atoms with Crippen LogP contribution in [0.5, 0.6) is 11.5 Å². The first kappa shape index (κ1) is 16.5. The van der Waals surface area contributed by atoms with Crippen LogP contribution in [0.2, 0.25) is 0 Å². The molecule has 0 radical (unpaired) electrons. The lowest BCUT2D eigenvalue weighted by molar-refractivity contribution is 0.173. The molecule has 25 heavy (non-hydrogen) atoms. The van der Waals surface area contributed by atoms with E-state index >= 15 is 0 Å². The van der Waals surface area contributed by atoms with Crippen molar-refractivity contribution in [1.29, 1.82) is 0 Å². The fourth-order valence-electron chi connectivity index (χ4n) is 4.22. The van der Waals surface area contributed by atoms with Crippen molar-refractivity contribution in [2.45, 2.75) is 44.7 Å². The molecule has 0 aromatic heterocycles. The minimum Gasteiger partial charge on any atom is -0.454 e. The highest BCUT2D eigenvalue weighted by molar-refractivity contribution is 5.74. The van der Waals surface area contributed by atoms with Gasteiger partial charge in [-0.15, -0.1) is 0 Å². The van der Waals surface area contributed by atoms with E-state index in [1.807, 2.05) is 18.2 Å². The molecule has 2 aliphatic heterocycles. The van der Waals surface area contributed by atoms with E-state index in [-0.39, 0.29) is 18.9 Å². The van der Waals surface area contributed by atoms with Crippen LogP contribution >= 0.6 is 0 Å². The molecule has 4 rings (SSSR count). The summed E-state index contributed by atoms with van der Waals surface area (Å²) >= 11 is 0. The lowest BCUT2D eigenvalue weighted by Gasteiger charge is -2.20. The van der Waals surface area contributed by atoms with Gasteiger partial charge < -0.3 is 25.0 Å². The molecule has 1 aromatic rings. The summed E-state index contributed by atoms with van der Waals surface area (Å²) in [5, 5.41) is 6.05. The lowest BCUT2D eigenvalue weighted by atomic mass is 10.1. The summed E-state index contributed by atoms with van der Waals surface area (Å²) in [6, 6.07) is 5.89. The van der Waals surface area contributed by atoms with Crippen LogP contribution in [-0.4, -0.2) is 43.4 Å². The number of hydrogen-bond acceptors (Lipinski definition) is 4. The normalized spacial score (nSPS) is 23.1. The van der Waals surface area contributed by atoms with Crippen LogP contribution in [0, 0.1) is 5.92 Å². The van der Waals surface area contributed by atoms with Gasteiger partial charge in [-0.1, -0.05) is 25.0 Å². The van der Waals surface area contributed by atoms with Gasteiger partial charge in [-0.05, 0) is 31.2 Å². The van der Waals surface area contributed by atoms with Gasteiger partial charge in [0.2, 0.25) is 6.79 Å². The maximum atomic E-state index is 12.2. The number of ether oxygens (including phenoxy) is 2. The summed E-state index contributed by atoms with van der Waals surface area (Å²) < 4.78 is 10.8. The molecule has 3 aliphatic rings. The molecule has 1 unspecified atom stereocenters. The van der Waals surface area contributed by atoms with Crippen LogP contribution in [0.1, 0.15) is 37.7 Å². The van der Waals surface area contributed by atoms with Crippen molar-refractivity contribution in [2.24, 2.45) is 5.92 Å². The second-order valence-electron chi connectivity index (χ2n) is 7.37. The molecule has 6 heteroatoms. The number of carbonyl (C=O) groups excluding carboxylic acids is 1. The summed E-state index contributed by atoms with van der Waals surface area (Å²) in [6.45, 7) is 3.96. The zero-order valence-electron chi connectivity index (χ0n) is 14.6. The van der Waals surface area contributed by atoms with Crippen LogP contribution in [0.15, 0.2) is 18.2 Å². The molecule has 1 atom stereocenters. The Morgan fingerprint density at radius 1 is 1.20 bits per heavy atom. The Morgan fingerprint density at radius 2 is 2.08 bits per heavy atom. The zero-order valence-corrected chi connectivity index (χ0v) is 14.6. The zero-order chi connectivity index (χ0) is 17.1. The third kappa shape index (κ3) is 4.00. The fraction of sp³-hybridized carbons (Fsp3) is 0.632. The van der Waals surface area contributed by atoms with Crippen LogP contribution in [0.3, 0.4) is 0 Å². The van der Waals surface area contributed by atoms with Gasteiger partial charge in [-0.3, -0.25) is 0 Å². The predicted octanol–water partition coefficient (Wildman–Crippen LogP) is 2.48. The van der Waals surface area contributed by atoms with Gasteiger partial charge in [-0.25, -0.2) is 4.79 Å². The highest BCUT2D eigenvalue weighted by atomic mass is 16.7. The minimum atomic E-state index is -0.107. The molecule has 1 saturated heterocycles. The van der Waals surface area contributed by atoms with E-state index in [9.17, 15) is 4.79 Å². The number of para-hydroxylation sites is 1. The number of rotatable bonds is 5. The highest BCUT2D eigenvalue weighted by Crippen LogP contribution is 2.35. The SMILES string of the molecule is O=C(NCc1cccc2c1OCO2)NC1CCN(CC2CCCC2)C1. The molecule has 2 fully saturated rings. The summed E-state index contributed by atoms with van der Waals surface area (Å²) in [4.78, 5) is 14.7. The van der Waals surface area contributed by atoms with Crippen LogP contribution in [-0.2, 0) is 6.54 Å². The van der Waals surface area contributed by atoms with Gasteiger partial charge in [0, 0.05) is 37.8 Å². The first-order valence-electron chi connectivity index (χ1n) is 9.42. The summed E-state index contributed by atoms with van der Waals surface area (Å²) in [5.41, 5.74) is 0.944. The number of benzene rings is 1. The van der Waals surface area contributed by atoms with Gasteiger partial charge in [-0.2, -0.15) is 0 Å². The fourth-order valence-corrected chi connectivity index (χ4v) is 4.22. The Bertz CT molecular complexity index is 616. The van der Waals surface area contributed by atoms with Gasteiger partial charge in [0.25, 0.3) is 0 Å². The summed E-state index contributed by atoms with van der Waals surface area (Å²) in [6.07, 6.45) is 6.57. The minimum absolute atomic E-state index is 0.107. The maximum absolute atomic E-state index is 12.2. The molecule has 2 amide bonds. The Kier molecular flexibility index (Phi) is 4.97. The number of amides is 2. The molecule has 0 spiro atoms. The van der Waals surface area contributed by atoms with E-state index in [0.717, 1.165) is 42.5 Å². The molecule has 2 heterocycles. The van der Waals surface area contributed by atoms with E-state index in [1.165, 1.54) is 32.2 Å². The second kappa shape index (κ2) is 7.52. The third-order valence-corrected chi connectivity index (χ3v) is 5.52. The Labute approximate surface area is 148 Å². The van der Waals surface area contributed by atoms with Crippen LogP contribution in [0.25, 0.3) is 0 Å². The topological polar surface area (TPSA) is 62.8 Å². The first-order valence-corrected chi connectivity index (χ1v) is 9.42. The molecule has 2 N–H and O–H groups in total. The predicted molar refractivity (Wildman–Crippen MR) is 94.7 cm³/mol. The van der Waals surface area contributed by atoms with Gasteiger partial charge in [0.05, 0.1) is 0 Å². The Balaban J connectivity index is 1.21. The molecule has 0 bridgehead atoms. The van der Waals surface area contributed by atoms with Crippen LogP contribution in [0.4, 0.5) is 4.79 Å². The van der Waals surface area contributed by atoms with Crippen molar-refractivity contribution in [3.05, 3.63) is 23.8 Å².